The lowest BCUT2D eigenvalue weighted by atomic mass is 10.2. The second-order valence-corrected chi connectivity index (χ2v) is 5.66. The van der Waals surface area contributed by atoms with Gasteiger partial charge in [0.1, 0.15) is 12.1 Å². The molecule has 5 nitrogen and oxygen atoms in total. The molecule has 1 atom stereocenters. The molecule has 0 bridgehead atoms. The van der Waals surface area contributed by atoms with Crippen molar-refractivity contribution in [2.24, 2.45) is 0 Å². The highest BCUT2D eigenvalue weighted by molar-refractivity contribution is 5.41. The van der Waals surface area contributed by atoms with Crippen LogP contribution in [0.3, 0.4) is 0 Å². The third-order valence-corrected chi connectivity index (χ3v) is 3.79. The van der Waals surface area contributed by atoms with E-state index in [-0.39, 0.29) is 0 Å². The Morgan fingerprint density at radius 3 is 2.95 bits per heavy atom. The number of aromatic nitrogens is 2. The topological polar surface area (TPSA) is 50.3 Å². The molecule has 0 amide bonds. The maximum Gasteiger partial charge on any atom is 0.218 e. The summed E-state index contributed by atoms with van der Waals surface area (Å²) in [6.07, 6.45) is 7.51. The first kappa shape index (κ1) is 16.0. The van der Waals surface area contributed by atoms with Gasteiger partial charge in [-0.15, -0.1) is 0 Å². The van der Waals surface area contributed by atoms with Crippen molar-refractivity contribution in [1.29, 1.82) is 0 Å². The van der Waals surface area contributed by atoms with E-state index in [9.17, 15) is 0 Å². The highest BCUT2D eigenvalue weighted by Crippen LogP contribution is 2.18. The molecule has 0 aliphatic carbocycles. The number of nitrogens with zero attached hydrogens (tertiary/aromatic N) is 3. The number of hydrogen-bond donors (Lipinski definition) is 1. The standard InChI is InChI=1S/C16H28N4O/c1-3-5-9-20(12-14-7-6-8-17-14)15-11-16(19-13-18-15)21-10-4-2/h11,13-14,17H,3-10,12H2,1-2H3. The van der Waals surface area contributed by atoms with Gasteiger partial charge in [0.25, 0.3) is 0 Å². The van der Waals surface area contributed by atoms with Gasteiger partial charge in [-0.1, -0.05) is 20.3 Å². The predicted molar refractivity (Wildman–Crippen MR) is 86.0 cm³/mol. The zero-order valence-corrected chi connectivity index (χ0v) is 13.3. The van der Waals surface area contributed by atoms with E-state index in [0.29, 0.717) is 18.5 Å². The number of ether oxygens (including phenoxy) is 1. The lowest BCUT2D eigenvalue weighted by molar-refractivity contribution is 0.304. The fourth-order valence-electron chi connectivity index (χ4n) is 2.62. The first-order valence-corrected chi connectivity index (χ1v) is 8.26. The molecular weight excluding hydrogens is 264 g/mol. The number of rotatable bonds is 9. The third kappa shape index (κ3) is 5.16. The molecule has 0 saturated carbocycles. The Kier molecular flexibility index (Phi) is 6.73. The minimum Gasteiger partial charge on any atom is -0.478 e. The summed E-state index contributed by atoms with van der Waals surface area (Å²) < 4.78 is 5.63. The first-order valence-electron chi connectivity index (χ1n) is 8.26. The van der Waals surface area contributed by atoms with E-state index >= 15 is 0 Å². The summed E-state index contributed by atoms with van der Waals surface area (Å²) in [4.78, 5) is 11.0. The summed E-state index contributed by atoms with van der Waals surface area (Å²) in [5.41, 5.74) is 0. The second-order valence-electron chi connectivity index (χ2n) is 5.66. The summed E-state index contributed by atoms with van der Waals surface area (Å²) in [5, 5.41) is 3.57. The van der Waals surface area contributed by atoms with Crippen LogP contribution >= 0.6 is 0 Å². The molecule has 0 aromatic carbocycles. The highest BCUT2D eigenvalue weighted by atomic mass is 16.5. The van der Waals surface area contributed by atoms with Gasteiger partial charge in [0, 0.05) is 25.2 Å². The van der Waals surface area contributed by atoms with Gasteiger partial charge in [-0.2, -0.15) is 0 Å². The van der Waals surface area contributed by atoms with Crippen LogP contribution in [-0.4, -0.2) is 42.3 Å². The fraction of sp³-hybridized carbons (Fsp3) is 0.750. The van der Waals surface area contributed by atoms with Gasteiger partial charge in [-0.3, -0.25) is 0 Å². The summed E-state index contributed by atoms with van der Waals surface area (Å²) in [6, 6.07) is 2.55. The van der Waals surface area contributed by atoms with Crippen LogP contribution in [0.5, 0.6) is 5.88 Å². The molecule has 1 aromatic rings. The zero-order chi connectivity index (χ0) is 14.9. The first-order chi connectivity index (χ1) is 10.3. The monoisotopic (exact) mass is 292 g/mol. The zero-order valence-electron chi connectivity index (χ0n) is 13.3. The molecule has 21 heavy (non-hydrogen) atoms. The van der Waals surface area contributed by atoms with Crippen LogP contribution in [0.2, 0.25) is 0 Å². The van der Waals surface area contributed by atoms with E-state index in [2.05, 4.69) is 34.0 Å². The van der Waals surface area contributed by atoms with E-state index < -0.39 is 0 Å². The van der Waals surface area contributed by atoms with Crippen molar-refractivity contribution in [3.63, 3.8) is 0 Å². The van der Waals surface area contributed by atoms with E-state index in [4.69, 9.17) is 4.74 Å². The quantitative estimate of drug-likeness (QED) is 0.758. The maximum atomic E-state index is 5.63. The smallest absolute Gasteiger partial charge is 0.218 e. The maximum absolute atomic E-state index is 5.63. The molecule has 1 aliphatic rings. The van der Waals surface area contributed by atoms with Crippen molar-refractivity contribution in [2.75, 3.05) is 31.1 Å². The largest absolute Gasteiger partial charge is 0.478 e. The van der Waals surface area contributed by atoms with Gasteiger partial charge >= 0.3 is 0 Å². The van der Waals surface area contributed by atoms with Crippen molar-refractivity contribution in [2.45, 2.75) is 52.0 Å². The molecule has 1 fully saturated rings. The van der Waals surface area contributed by atoms with Gasteiger partial charge in [-0.05, 0) is 32.2 Å². The normalized spacial score (nSPS) is 17.9. The van der Waals surface area contributed by atoms with Gasteiger partial charge in [0.2, 0.25) is 5.88 Å². The van der Waals surface area contributed by atoms with Crippen LogP contribution in [0.1, 0.15) is 46.0 Å². The Bertz CT molecular complexity index is 407. The Morgan fingerprint density at radius 2 is 2.24 bits per heavy atom. The molecule has 2 heterocycles. The molecule has 1 N–H and O–H groups in total. The molecule has 2 rings (SSSR count). The molecule has 5 heteroatoms. The van der Waals surface area contributed by atoms with Crippen LogP contribution in [0.4, 0.5) is 5.82 Å². The summed E-state index contributed by atoms with van der Waals surface area (Å²) in [6.45, 7) is 8.23. The Hall–Kier alpha value is -1.36. The molecule has 0 spiro atoms. The second kappa shape index (κ2) is 8.82. The average Bonchev–Trinajstić information content (AvgIpc) is 3.02. The molecule has 1 aliphatic heterocycles. The van der Waals surface area contributed by atoms with Gasteiger partial charge in [-0.25, -0.2) is 9.97 Å². The Morgan fingerprint density at radius 1 is 1.33 bits per heavy atom. The average molecular weight is 292 g/mol. The van der Waals surface area contributed by atoms with Crippen LogP contribution < -0.4 is 15.0 Å². The third-order valence-electron chi connectivity index (χ3n) is 3.79. The SMILES string of the molecule is CCCCN(CC1CCCN1)c1cc(OCCC)ncn1. The van der Waals surface area contributed by atoms with Crippen molar-refractivity contribution < 1.29 is 4.74 Å². The summed E-state index contributed by atoms with van der Waals surface area (Å²) >= 11 is 0. The number of anilines is 1. The van der Waals surface area contributed by atoms with Crippen molar-refractivity contribution in [3.05, 3.63) is 12.4 Å². The van der Waals surface area contributed by atoms with Gasteiger partial charge in [0.15, 0.2) is 0 Å². The predicted octanol–water partition coefficient (Wildman–Crippen LogP) is 2.62. The van der Waals surface area contributed by atoms with E-state index in [1.165, 1.54) is 25.7 Å². The molecule has 1 saturated heterocycles. The van der Waals surface area contributed by atoms with Crippen molar-refractivity contribution >= 4 is 5.82 Å². The molecule has 1 unspecified atom stereocenters. The molecular formula is C16H28N4O. The molecule has 0 radical (unpaired) electrons. The lowest BCUT2D eigenvalue weighted by Crippen LogP contribution is -2.38. The van der Waals surface area contributed by atoms with Gasteiger partial charge in [0.05, 0.1) is 6.61 Å². The Balaban J connectivity index is 2.03. The van der Waals surface area contributed by atoms with Gasteiger partial charge < -0.3 is 15.0 Å². The van der Waals surface area contributed by atoms with Crippen molar-refractivity contribution in [3.8, 4) is 5.88 Å². The highest BCUT2D eigenvalue weighted by Gasteiger charge is 2.19. The van der Waals surface area contributed by atoms with Crippen LogP contribution in [0.15, 0.2) is 12.4 Å². The minimum atomic E-state index is 0.580. The van der Waals surface area contributed by atoms with E-state index in [0.717, 1.165) is 31.9 Å². The van der Waals surface area contributed by atoms with Crippen molar-refractivity contribution in [1.82, 2.24) is 15.3 Å². The summed E-state index contributed by atoms with van der Waals surface area (Å²) in [5.74, 6) is 1.67. The molecule has 1 aromatic heterocycles. The lowest BCUT2D eigenvalue weighted by Gasteiger charge is -2.27. The molecule has 118 valence electrons. The fourth-order valence-corrected chi connectivity index (χ4v) is 2.62. The van der Waals surface area contributed by atoms with E-state index in [1.807, 2.05) is 6.07 Å². The van der Waals surface area contributed by atoms with Crippen LogP contribution in [-0.2, 0) is 0 Å². The minimum absolute atomic E-state index is 0.580. The number of hydrogen-bond acceptors (Lipinski definition) is 5. The number of unbranched alkanes of at least 4 members (excludes halogenated alkanes) is 1. The van der Waals surface area contributed by atoms with Crippen LogP contribution in [0.25, 0.3) is 0 Å². The number of nitrogens with one attached hydrogen (secondary N) is 1. The van der Waals surface area contributed by atoms with Crippen LogP contribution in [0, 0.1) is 0 Å². The Labute approximate surface area is 128 Å². The summed E-state index contributed by atoms with van der Waals surface area (Å²) in [7, 11) is 0. The van der Waals surface area contributed by atoms with E-state index in [1.54, 1.807) is 6.33 Å².